The Morgan fingerprint density at radius 3 is 2.75 bits per heavy atom. The van der Waals surface area contributed by atoms with E-state index in [9.17, 15) is 4.79 Å². The number of halogens is 2. The van der Waals surface area contributed by atoms with Gasteiger partial charge in [0.2, 0.25) is 0 Å². The highest BCUT2D eigenvalue weighted by molar-refractivity contribution is 6.34. The predicted octanol–water partition coefficient (Wildman–Crippen LogP) is 1.89. The average Bonchev–Trinajstić information content (AvgIpc) is 2.25. The maximum Gasteiger partial charge on any atom is 0.254 e. The highest BCUT2D eigenvalue weighted by Crippen LogP contribution is 2.16. The van der Waals surface area contributed by atoms with Crippen LogP contribution in [0, 0.1) is 0 Å². The molecular formula is C10H12Cl2N2O2. The van der Waals surface area contributed by atoms with E-state index in [4.69, 9.17) is 28.3 Å². The molecule has 0 aromatic carbocycles. The molecule has 0 aliphatic carbocycles. The zero-order valence-electron chi connectivity index (χ0n) is 8.70. The third-order valence-electron chi connectivity index (χ3n) is 2.11. The number of aliphatic hydroxyl groups excluding tert-OH is 1. The van der Waals surface area contributed by atoms with Crippen molar-refractivity contribution in [1.82, 2.24) is 10.3 Å². The maximum absolute atomic E-state index is 11.7. The minimum atomic E-state index is -0.366. The third-order valence-corrected chi connectivity index (χ3v) is 2.61. The van der Waals surface area contributed by atoms with E-state index in [1.54, 1.807) is 0 Å². The van der Waals surface area contributed by atoms with Gasteiger partial charge < -0.3 is 10.4 Å². The number of pyridine rings is 1. The van der Waals surface area contributed by atoms with E-state index in [1.807, 2.05) is 6.92 Å². The van der Waals surface area contributed by atoms with Gasteiger partial charge in [-0.25, -0.2) is 4.98 Å². The normalized spacial score (nSPS) is 12.2. The number of hydrogen-bond donors (Lipinski definition) is 2. The first-order chi connectivity index (χ1) is 7.58. The summed E-state index contributed by atoms with van der Waals surface area (Å²) in [5.74, 6) is -0.366. The van der Waals surface area contributed by atoms with E-state index >= 15 is 0 Å². The first-order valence-corrected chi connectivity index (χ1v) is 5.57. The maximum atomic E-state index is 11.7. The molecule has 2 N–H and O–H groups in total. The van der Waals surface area contributed by atoms with Crippen molar-refractivity contribution in [2.75, 3.05) is 6.61 Å². The van der Waals surface area contributed by atoms with Gasteiger partial charge in [-0.15, -0.1) is 0 Å². The second-order valence-corrected chi connectivity index (χ2v) is 3.98. The molecule has 1 aromatic heterocycles. The number of rotatable bonds is 4. The molecule has 16 heavy (non-hydrogen) atoms. The SMILES string of the molecule is CCC(CO)NC(=O)c1ccc(Cl)nc1Cl. The van der Waals surface area contributed by atoms with E-state index < -0.39 is 0 Å². The number of aliphatic hydroxyl groups is 1. The van der Waals surface area contributed by atoms with Crippen molar-refractivity contribution in [3.05, 3.63) is 28.0 Å². The smallest absolute Gasteiger partial charge is 0.254 e. The molecular weight excluding hydrogens is 251 g/mol. The van der Waals surface area contributed by atoms with Crippen molar-refractivity contribution < 1.29 is 9.90 Å². The number of hydrogen-bond acceptors (Lipinski definition) is 3. The first kappa shape index (κ1) is 13.2. The summed E-state index contributed by atoms with van der Waals surface area (Å²) in [6, 6.07) is 2.71. The van der Waals surface area contributed by atoms with E-state index in [0.29, 0.717) is 6.42 Å². The fourth-order valence-electron chi connectivity index (χ4n) is 1.12. The molecule has 0 bridgehead atoms. The number of aromatic nitrogens is 1. The second-order valence-electron chi connectivity index (χ2n) is 3.23. The minimum Gasteiger partial charge on any atom is -0.394 e. The van der Waals surface area contributed by atoms with E-state index in [0.717, 1.165) is 0 Å². The van der Waals surface area contributed by atoms with E-state index in [-0.39, 0.29) is 34.4 Å². The molecule has 1 unspecified atom stereocenters. The van der Waals surface area contributed by atoms with Crippen molar-refractivity contribution in [2.24, 2.45) is 0 Å². The van der Waals surface area contributed by atoms with Crippen LogP contribution in [0.2, 0.25) is 10.3 Å². The number of nitrogens with zero attached hydrogens (tertiary/aromatic N) is 1. The Kier molecular flexibility index (Phi) is 4.99. The Morgan fingerprint density at radius 2 is 2.25 bits per heavy atom. The Bertz CT molecular complexity index is 381. The van der Waals surface area contributed by atoms with Gasteiger partial charge in [0.25, 0.3) is 5.91 Å². The van der Waals surface area contributed by atoms with Gasteiger partial charge in [0.15, 0.2) is 0 Å². The fourth-order valence-corrected chi connectivity index (χ4v) is 1.55. The van der Waals surface area contributed by atoms with Gasteiger partial charge in [0.1, 0.15) is 10.3 Å². The van der Waals surface area contributed by atoms with Crippen molar-refractivity contribution in [3.8, 4) is 0 Å². The highest BCUT2D eigenvalue weighted by atomic mass is 35.5. The van der Waals surface area contributed by atoms with Crippen molar-refractivity contribution in [3.63, 3.8) is 0 Å². The zero-order valence-corrected chi connectivity index (χ0v) is 10.2. The number of amides is 1. The van der Waals surface area contributed by atoms with Crippen molar-refractivity contribution in [1.29, 1.82) is 0 Å². The summed E-state index contributed by atoms with van der Waals surface area (Å²) in [6.07, 6.45) is 0.640. The number of nitrogens with one attached hydrogen (secondary N) is 1. The van der Waals surface area contributed by atoms with Gasteiger partial charge in [-0.1, -0.05) is 30.1 Å². The van der Waals surface area contributed by atoms with Gasteiger partial charge in [-0.2, -0.15) is 0 Å². The summed E-state index contributed by atoms with van der Waals surface area (Å²) in [6.45, 7) is 1.75. The molecule has 88 valence electrons. The van der Waals surface area contributed by atoms with E-state index in [1.165, 1.54) is 12.1 Å². The molecule has 1 amide bonds. The summed E-state index contributed by atoms with van der Waals surface area (Å²) in [7, 11) is 0. The second kappa shape index (κ2) is 6.03. The number of carbonyl (C=O) groups is 1. The fraction of sp³-hybridized carbons (Fsp3) is 0.400. The summed E-state index contributed by atoms with van der Waals surface area (Å²) < 4.78 is 0. The summed E-state index contributed by atoms with van der Waals surface area (Å²) in [5, 5.41) is 11.9. The lowest BCUT2D eigenvalue weighted by Crippen LogP contribution is -2.37. The summed E-state index contributed by atoms with van der Waals surface area (Å²) in [4.78, 5) is 15.5. The molecule has 0 aliphatic heterocycles. The van der Waals surface area contributed by atoms with Crippen LogP contribution in [0.3, 0.4) is 0 Å². The van der Waals surface area contributed by atoms with Crippen molar-refractivity contribution >= 4 is 29.1 Å². The summed E-state index contributed by atoms with van der Waals surface area (Å²) in [5.41, 5.74) is 0.248. The van der Waals surface area contributed by atoms with Gasteiger partial charge in [0, 0.05) is 0 Å². The van der Waals surface area contributed by atoms with Gasteiger partial charge in [-0.05, 0) is 18.6 Å². The minimum absolute atomic E-state index is 0.0535. The quantitative estimate of drug-likeness (QED) is 0.815. The average molecular weight is 263 g/mol. The van der Waals surface area contributed by atoms with Crippen LogP contribution in [-0.2, 0) is 0 Å². The highest BCUT2D eigenvalue weighted by Gasteiger charge is 2.15. The Labute approximate surface area is 104 Å². The molecule has 0 saturated carbocycles. The van der Waals surface area contributed by atoms with Crippen LogP contribution in [0.15, 0.2) is 12.1 Å². The molecule has 1 heterocycles. The molecule has 6 heteroatoms. The predicted molar refractivity (Wildman–Crippen MR) is 62.9 cm³/mol. The first-order valence-electron chi connectivity index (χ1n) is 4.82. The largest absolute Gasteiger partial charge is 0.394 e. The topological polar surface area (TPSA) is 62.2 Å². The summed E-state index contributed by atoms with van der Waals surface area (Å²) >= 11 is 11.4. The van der Waals surface area contributed by atoms with Gasteiger partial charge in [-0.3, -0.25) is 4.79 Å². The van der Waals surface area contributed by atoms with Gasteiger partial charge in [0.05, 0.1) is 18.2 Å². The molecule has 1 atom stereocenters. The monoisotopic (exact) mass is 262 g/mol. The Morgan fingerprint density at radius 1 is 1.56 bits per heavy atom. The standard InChI is InChI=1S/C10H12Cl2N2O2/c1-2-6(5-15)13-10(16)7-3-4-8(11)14-9(7)12/h3-4,6,15H,2,5H2,1H3,(H,13,16). The Hall–Kier alpha value is -0.840. The molecule has 0 spiro atoms. The lowest BCUT2D eigenvalue weighted by atomic mass is 10.2. The van der Waals surface area contributed by atoms with Gasteiger partial charge >= 0.3 is 0 Å². The molecule has 1 aromatic rings. The molecule has 0 fully saturated rings. The van der Waals surface area contributed by atoms with Crippen LogP contribution >= 0.6 is 23.2 Å². The zero-order chi connectivity index (χ0) is 12.1. The molecule has 0 aliphatic rings. The van der Waals surface area contributed by atoms with E-state index in [2.05, 4.69) is 10.3 Å². The number of carbonyl (C=O) groups excluding carboxylic acids is 1. The van der Waals surface area contributed by atoms with Crippen LogP contribution in [0.1, 0.15) is 23.7 Å². The third kappa shape index (κ3) is 3.33. The van der Waals surface area contributed by atoms with Crippen LogP contribution in [0.5, 0.6) is 0 Å². The molecule has 0 saturated heterocycles. The Balaban J connectivity index is 2.80. The van der Waals surface area contributed by atoms with Crippen LogP contribution in [-0.4, -0.2) is 28.6 Å². The van der Waals surface area contributed by atoms with Crippen molar-refractivity contribution in [2.45, 2.75) is 19.4 Å². The van der Waals surface area contributed by atoms with Crippen LogP contribution < -0.4 is 5.32 Å². The lowest BCUT2D eigenvalue weighted by molar-refractivity contribution is 0.0915. The van der Waals surface area contributed by atoms with Crippen LogP contribution in [0.4, 0.5) is 0 Å². The van der Waals surface area contributed by atoms with Crippen LogP contribution in [0.25, 0.3) is 0 Å². The molecule has 1 rings (SSSR count). The molecule has 0 radical (unpaired) electrons. The molecule has 4 nitrogen and oxygen atoms in total. The lowest BCUT2D eigenvalue weighted by Gasteiger charge is -2.14.